The van der Waals surface area contributed by atoms with Crippen molar-refractivity contribution in [1.82, 2.24) is 10.2 Å². The van der Waals surface area contributed by atoms with Crippen LogP contribution in [0.4, 0.5) is 0 Å². The van der Waals surface area contributed by atoms with Crippen LogP contribution in [0.2, 0.25) is 0 Å². The predicted octanol–water partition coefficient (Wildman–Crippen LogP) is -3.59. The summed E-state index contributed by atoms with van der Waals surface area (Å²) in [6.07, 6.45) is 2.11. The second kappa shape index (κ2) is 18.9. The number of carbonyl (C=O) groups excluding carboxylic acids is 3. The van der Waals surface area contributed by atoms with E-state index in [9.17, 15) is 14.4 Å². The molecular weight excluding hydrogens is 523 g/mol. The third-order valence-corrected chi connectivity index (χ3v) is 4.51. The van der Waals surface area contributed by atoms with Crippen LogP contribution in [0.25, 0.3) is 0 Å². The van der Waals surface area contributed by atoms with Crippen LogP contribution in [0.5, 0.6) is 0 Å². The summed E-state index contributed by atoms with van der Waals surface area (Å²) in [5.74, 6) is -0.430. The molecule has 166 valence electrons. The molecule has 9 nitrogen and oxygen atoms in total. The zero-order valence-electron chi connectivity index (χ0n) is 17.2. The van der Waals surface area contributed by atoms with E-state index in [1.807, 2.05) is 6.26 Å². The number of nitrogens with one attached hydrogen (secondary N) is 1. The molecule has 1 rings (SSSR count). The van der Waals surface area contributed by atoms with Gasteiger partial charge in [0.2, 0.25) is 17.7 Å². The van der Waals surface area contributed by atoms with Gasteiger partial charge in [-0.1, -0.05) is 0 Å². The van der Waals surface area contributed by atoms with E-state index in [-0.39, 0.29) is 42.5 Å². The van der Waals surface area contributed by atoms with Crippen molar-refractivity contribution in [2.45, 2.75) is 11.7 Å². The summed E-state index contributed by atoms with van der Waals surface area (Å²) in [7, 11) is 5.12. The number of carbonyl (C=O) groups is 3. The van der Waals surface area contributed by atoms with Gasteiger partial charge in [0.25, 0.3) is 0 Å². The van der Waals surface area contributed by atoms with Gasteiger partial charge in [0.05, 0.1) is 58.0 Å². The number of halogens is 1. The van der Waals surface area contributed by atoms with Crippen LogP contribution in [-0.4, -0.2) is 101 Å². The molecule has 0 aromatic rings. The third kappa shape index (κ3) is 12.4. The standard InChI is InChI=1S/C16H28N2O7S.H2IS/c1-17-14(19)12-25-10-9-24-8-7-23-6-5-22-4-3-18-15(20)11-13(26-2)16(18)21;1-2/h13H,3-12H2,1-2H3,(H,17,19);1-2H/q;-1/i;1D. The summed E-state index contributed by atoms with van der Waals surface area (Å²) in [5.41, 5.74) is 0. The van der Waals surface area contributed by atoms with Crippen molar-refractivity contribution in [2.24, 2.45) is 0 Å². The first-order valence-electron chi connectivity index (χ1n) is 9.03. The molecule has 1 heterocycles. The number of amides is 3. The Morgan fingerprint density at radius 2 is 1.68 bits per heavy atom. The molecule has 1 atom stereocenters. The van der Waals surface area contributed by atoms with Gasteiger partial charge in [0.1, 0.15) is 6.61 Å². The van der Waals surface area contributed by atoms with Gasteiger partial charge in [-0.3, -0.25) is 19.3 Å². The van der Waals surface area contributed by atoms with Gasteiger partial charge < -0.3 is 24.3 Å². The fraction of sp³-hybridized carbons (Fsp3) is 0.812. The summed E-state index contributed by atoms with van der Waals surface area (Å²) in [6, 6.07) is 0. The maximum absolute atomic E-state index is 11.9. The van der Waals surface area contributed by atoms with E-state index in [1.54, 1.807) is 7.05 Å². The van der Waals surface area contributed by atoms with E-state index in [1.165, 1.54) is 16.7 Å². The first-order chi connectivity index (χ1) is 14.0. The second-order valence-corrected chi connectivity index (χ2v) is 6.42. The van der Waals surface area contributed by atoms with Gasteiger partial charge in [-0.25, -0.2) is 0 Å². The number of thioether (sulfide) groups is 1. The van der Waals surface area contributed by atoms with Crippen molar-refractivity contribution < 1.29 is 54.3 Å². The Hall–Kier alpha value is -0.120. The quantitative estimate of drug-likeness (QED) is 0.0928. The minimum absolute atomic E-state index is 0.0280. The topological polar surface area (TPSA) is 103 Å². The molecule has 28 heavy (non-hydrogen) atoms. The van der Waals surface area contributed by atoms with Crippen molar-refractivity contribution in [1.29, 1.82) is 0.594 Å². The second-order valence-electron chi connectivity index (χ2n) is 5.37. The Bertz CT molecular complexity index is 481. The zero-order valence-corrected chi connectivity index (χ0v) is 20.1. The van der Waals surface area contributed by atoms with Crippen LogP contribution >= 0.6 is 21.6 Å². The summed E-state index contributed by atoms with van der Waals surface area (Å²) < 4.78 is 27.3. The first kappa shape index (κ1) is 25.9. The molecule has 1 aliphatic rings. The van der Waals surface area contributed by atoms with Gasteiger partial charge in [-0.2, -0.15) is 11.8 Å². The van der Waals surface area contributed by atoms with Crippen LogP contribution in [0.15, 0.2) is 0 Å². The predicted molar refractivity (Wildman–Crippen MR) is 106 cm³/mol. The number of hydrogen-bond donors (Lipinski definition) is 2. The molecule has 1 unspecified atom stereocenters. The van der Waals surface area contributed by atoms with Crippen LogP contribution in [0.3, 0.4) is 0 Å². The molecule has 0 aromatic carbocycles. The van der Waals surface area contributed by atoms with Gasteiger partial charge in [-0.15, -0.1) is 0 Å². The fourth-order valence-electron chi connectivity index (χ4n) is 2.12. The molecule has 0 radical (unpaired) electrons. The molecule has 0 aromatic heterocycles. The minimum atomic E-state index is -0.466. The van der Waals surface area contributed by atoms with Crippen LogP contribution in [0, 0.1) is 0 Å². The average Bonchev–Trinajstić information content (AvgIpc) is 2.99. The van der Waals surface area contributed by atoms with Gasteiger partial charge >= 0.3 is 31.4 Å². The molecule has 1 saturated heterocycles. The molecule has 0 saturated carbocycles. The van der Waals surface area contributed by atoms with Crippen LogP contribution in [0.1, 0.15) is 6.42 Å². The summed E-state index contributed by atoms with van der Waals surface area (Å²) in [6.45, 7) is 3.01. The van der Waals surface area contributed by atoms with Crippen LogP contribution in [-0.2, 0) is 33.3 Å². The SMILES string of the molecule is CNC(=O)COCCOCCOCCOCCN1C(=O)CC(SC)C1=O.[2H][I-]S. The zero-order chi connectivity index (χ0) is 21.9. The van der Waals surface area contributed by atoms with E-state index in [2.05, 4.69) is 15.1 Å². The number of thiol groups is 1. The number of likely N-dealkylation sites (N-methyl/N-ethyl adjacent to an activating group) is 1. The van der Waals surface area contributed by atoms with Gasteiger partial charge in [0.15, 0.2) is 0 Å². The van der Waals surface area contributed by atoms with E-state index in [0.29, 0.717) is 46.2 Å². The van der Waals surface area contributed by atoms with E-state index >= 15 is 0 Å². The summed E-state index contributed by atoms with van der Waals surface area (Å²) >= 11 is 0.935. The molecule has 0 bridgehead atoms. The van der Waals surface area contributed by atoms with Crippen molar-refractivity contribution in [3.8, 4) is 0 Å². The Morgan fingerprint density at radius 1 is 1.18 bits per heavy atom. The van der Waals surface area contributed by atoms with Gasteiger partial charge in [0, 0.05) is 13.5 Å². The number of rotatable bonds is 15. The fourth-order valence-corrected chi connectivity index (χ4v) is 2.76. The normalized spacial score (nSPS) is 16.8. The Kier molecular flexibility index (Phi) is 17.5. The number of ether oxygens (including phenoxy) is 4. The Balaban J connectivity index is 0.00000245. The van der Waals surface area contributed by atoms with Gasteiger partial charge in [-0.05, 0) is 6.26 Å². The molecule has 1 aliphatic heterocycles. The van der Waals surface area contributed by atoms with Crippen molar-refractivity contribution >= 4 is 39.3 Å². The number of imide groups is 1. The first-order valence-corrected chi connectivity index (χ1v) is 13.2. The molecule has 12 heteroatoms. The molecule has 1 fully saturated rings. The van der Waals surface area contributed by atoms with Crippen molar-refractivity contribution in [2.75, 3.05) is 72.7 Å². The van der Waals surface area contributed by atoms with Crippen LogP contribution < -0.4 is 26.3 Å². The Labute approximate surface area is 188 Å². The monoisotopic (exact) mass is 554 g/mol. The van der Waals surface area contributed by atoms with Crippen molar-refractivity contribution in [3.63, 3.8) is 0 Å². The summed E-state index contributed by atoms with van der Waals surface area (Å²) in [4.78, 5) is 35.7. The summed E-state index contributed by atoms with van der Waals surface area (Å²) in [5, 5.41) is 2.21. The molecule has 3 amide bonds. The molecule has 0 spiro atoms. The maximum atomic E-state index is 11.9. The number of likely N-dealkylation sites (tertiary alicyclic amines) is 1. The molecular formula is C16H30IN2O7S2-. The van der Waals surface area contributed by atoms with E-state index in [4.69, 9.17) is 19.5 Å². The Morgan fingerprint density at radius 3 is 2.14 bits per heavy atom. The number of nitrogens with zero attached hydrogens (tertiary/aromatic N) is 1. The number of hydrogen-bond acceptors (Lipinski definition) is 9. The van der Waals surface area contributed by atoms with E-state index < -0.39 is 21.0 Å². The third-order valence-electron chi connectivity index (χ3n) is 3.57. The van der Waals surface area contributed by atoms with E-state index in [0.717, 1.165) is 0 Å². The van der Waals surface area contributed by atoms with Crippen molar-refractivity contribution in [3.05, 3.63) is 0 Å². The average molecular weight is 554 g/mol. The molecule has 0 aliphatic carbocycles. The molecule has 1 N–H and O–H groups in total.